The van der Waals surface area contributed by atoms with Crippen LogP contribution in [0.4, 0.5) is 0 Å². The lowest BCUT2D eigenvalue weighted by Crippen LogP contribution is -2.28. The van der Waals surface area contributed by atoms with Crippen molar-refractivity contribution in [3.63, 3.8) is 0 Å². The van der Waals surface area contributed by atoms with Crippen molar-refractivity contribution in [1.82, 2.24) is 30.9 Å². The number of pyridine rings is 1. The van der Waals surface area contributed by atoms with Crippen molar-refractivity contribution in [2.24, 2.45) is 0 Å². The van der Waals surface area contributed by atoms with E-state index in [9.17, 15) is 4.79 Å². The third-order valence-corrected chi connectivity index (χ3v) is 3.95. The van der Waals surface area contributed by atoms with Crippen LogP contribution in [0.2, 0.25) is 0 Å². The molecular weight excluding hydrogens is 292 g/mol. The number of hydrogen-bond donors (Lipinski definition) is 2. The van der Waals surface area contributed by atoms with Crippen LogP contribution in [-0.2, 0) is 0 Å². The van der Waals surface area contributed by atoms with Gasteiger partial charge >= 0.3 is 0 Å². The number of aromatic amines is 1. The van der Waals surface area contributed by atoms with Gasteiger partial charge in [-0.2, -0.15) is 5.21 Å². The summed E-state index contributed by atoms with van der Waals surface area (Å²) in [7, 11) is 0. The molecule has 2 aromatic heterocycles. The molecule has 118 valence electrons. The van der Waals surface area contributed by atoms with Crippen LogP contribution in [-0.4, -0.2) is 31.5 Å². The number of nitrogens with one attached hydrogen (secondary N) is 2. The van der Waals surface area contributed by atoms with E-state index in [-0.39, 0.29) is 11.9 Å². The monoisotopic (exact) mass is 310 g/mol. The van der Waals surface area contributed by atoms with Crippen molar-refractivity contribution in [2.75, 3.05) is 0 Å². The number of aromatic nitrogens is 5. The van der Waals surface area contributed by atoms with E-state index in [1.165, 1.54) is 0 Å². The van der Waals surface area contributed by atoms with Gasteiger partial charge in [-0.25, -0.2) is 0 Å². The Kier molecular flexibility index (Phi) is 3.77. The number of benzene rings is 1. The largest absolute Gasteiger partial charge is 0.342 e. The number of tetrazole rings is 1. The first-order valence-electron chi connectivity index (χ1n) is 7.39. The van der Waals surface area contributed by atoms with Crippen LogP contribution in [0.3, 0.4) is 0 Å². The summed E-state index contributed by atoms with van der Waals surface area (Å²) in [6.45, 7) is 7.64. The minimum absolute atomic E-state index is 0.166. The average molecular weight is 310 g/mol. The molecule has 0 aliphatic rings. The van der Waals surface area contributed by atoms with Gasteiger partial charge < -0.3 is 5.32 Å². The van der Waals surface area contributed by atoms with Crippen molar-refractivity contribution < 1.29 is 4.79 Å². The highest BCUT2D eigenvalue weighted by molar-refractivity contribution is 6.07. The summed E-state index contributed by atoms with van der Waals surface area (Å²) >= 11 is 0. The molecule has 2 N–H and O–H groups in total. The molecule has 1 atom stereocenters. The number of aryl methyl sites for hydroxylation is 2. The number of fused-ring (bicyclic) bond motifs is 1. The smallest absolute Gasteiger partial charge is 0.252 e. The molecule has 23 heavy (non-hydrogen) atoms. The maximum atomic E-state index is 12.8. The minimum Gasteiger partial charge on any atom is -0.342 e. The van der Waals surface area contributed by atoms with Gasteiger partial charge in [-0.3, -0.25) is 9.78 Å². The fraction of sp³-hybridized carbons (Fsp3) is 0.312. The van der Waals surface area contributed by atoms with Crippen LogP contribution in [0, 0.1) is 20.8 Å². The van der Waals surface area contributed by atoms with Crippen LogP contribution < -0.4 is 5.32 Å². The summed E-state index contributed by atoms with van der Waals surface area (Å²) in [5.74, 6) is 0.281. The zero-order chi connectivity index (χ0) is 16.6. The van der Waals surface area contributed by atoms with E-state index in [2.05, 4.69) is 30.9 Å². The van der Waals surface area contributed by atoms with E-state index in [0.717, 1.165) is 27.7 Å². The Labute approximate surface area is 133 Å². The summed E-state index contributed by atoms with van der Waals surface area (Å²) in [5.41, 5.74) is 4.27. The number of carbonyl (C=O) groups is 1. The molecule has 2 heterocycles. The fourth-order valence-corrected chi connectivity index (χ4v) is 2.57. The quantitative estimate of drug-likeness (QED) is 0.772. The molecule has 0 radical (unpaired) electrons. The van der Waals surface area contributed by atoms with Crippen molar-refractivity contribution in [3.05, 3.63) is 46.4 Å². The molecule has 7 heteroatoms. The molecule has 0 aliphatic heterocycles. The third kappa shape index (κ3) is 2.77. The van der Waals surface area contributed by atoms with Crippen LogP contribution in [0.5, 0.6) is 0 Å². The van der Waals surface area contributed by atoms with Crippen molar-refractivity contribution >= 4 is 16.8 Å². The minimum atomic E-state index is -0.339. The van der Waals surface area contributed by atoms with E-state index in [0.29, 0.717) is 11.4 Å². The van der Waals surface area contributed by atoms with Crippen LogP contribution in [0.25, 0.3) is 10.9 Å². The molecule has 0 bridgehead atoms. The fourth-order valence-electron chi connectivity index (χ4n) is 2.57. The Morgan fingerprint density at radius 2 is 2.04 bits per heavy atom. The molecule has 0 spiro atoms. The lowest BCUT2D eigenvalue weighted by atomic mass is 9.99. The molecular formula is C16H18N6O. The first-order chi connectivity index (χ1) is 11.0. The van der Waals surface area contributed by atoms with Gasteiger partial charge in [0.1, 0.15) is 0 Å². The summed E-state index contributed by atoms with van der Waals surface area (Å²) in [6, 6.07) is 5.58. The van der Waals surface area contributed by atoms with Crippen molar-refractivity contribution in [1.29, 1.82) is 0 Å². The van der Waals surface area contributed by atoms with Gasteiger partial charge in [0.15, 0.2) is 5.82 Å². The maximum absolute atomic E-state index is 12.8. The SMILES string of the molecule is Cc1ccc2nc(C)c(C)c(C(=O)N[C@@H](C)c3nn[nH]n3)c2c1. The van der Waals surface area contributed by atoms with Gasteiger partial charge in [0.2, 0.25) is 0 Å². The molecule has 0 aliphatic carbocycles. The van der Waals surface area contributed by atoms with E-state index in [4.69, 9.17) is 0 Å². The molecule has 1 aromatic carbocycles. The lowest BCUT2D eigenvalue weighted by molar-refractivity contribution is 0.0939. The highest BCUT2D eigenvalue weighted by atomic mass is 16.1. The van der Waals surface area contributed by atoms with Crippen molar-refractivity contribution in [2.45, 2.75) is 33.7 Å². The lowest BCUT2D eigenvalue weighted by Gasteiger charge is -2.15. The first kappa shape index (κ1) is 15.1. The molecule has 3 rings (SSSR count). The molecule has 3 aromatic rings. The van der Waals surface area contributed by atoms with Gasteiger partial charge in [-0.15, -0.1) is 10.2 Å². The van der Waals surface area contributed by atoms with Gasteiger partial charge in [0.25, 0.3) is 5.91 Å². The molecule has 0 fully saturated rings. The molecule has 7 nitrogen and oxygen atoms in total. The highest BCUT2D eigenvalue weighted by Gasteiger charge is 2.20. The van der Waals surface area contributed by atoms with Crippen LogP contribution in [0.1, 0.15) is 46.0 Å². The van der Waals surface area contributed by atoms with E-state index in [1.807, 2.05) is 45.9 Å². The third-order valence-electron chi connectivity index (χ3n) is 3.95. The first-order valence-corrected chi connectivity index (χ1v) is 7.39. The Balaban J connectivity index is 2.05. The second-order valence-corrected chi connectivity index (χ2v) is 5.68. The predicted molar refractivity (Wildman–Crippen MR) is 86.0 cm³/mol. The molecule has 0 saturated carbocycles. The second kappa shape index (κ2) is 5.75. The Hall–Kier alpha value is -2.83. The number of H-pyrrole nitrogens is 1. The Morgan fingerprint density at radius 1 is 1.26 bits per heavy atom. The van der Waals surface area contributed by atoms with E-state index >= 15 is 0 Å². The number of amides is 1. The summed E-state index contributed by atoms with van der Waals surface area (Å²) in [6.07, 6.45) is 0. The number of carbonyl (C=O) groups excluding carboxylic acids is 1. The number of hydrogen-bond acceptors (Lipinski definition) is 5. The predicted octanol–water partition coefficient (Wildman–Crippen LogP) is 2.16. The van der Waals surface area contributed by atoms with Crippen LogP contribution in [0.15, 0.2) is 18.2 Å². The molecule has 0 saturated heterocycles. The summed E-state index contributed by atoms with van der Waals surface area (Å²) in [4.78, 5) is 17.4. The second-order valence-electron chi connectivity index (χ2n) is 5.68. The zero-order valence-corrected chi connectivity index (χ0v) is 13.5. The van der Waals surface area contributed by atoms with Gasteiger partial charge in [0.05, 0.1) is 17.1 Å². The van der Waals surface area contributed by atoms with Crippen molar-refractivity contribution in [3.8, 4) is 0 Å². The van der Waals surface area contributed by atoms with Gasteiger partial charge in [-0.05, 0) is 45.4 Å². The standard InChI is InChI=1S/C16H18N6O/c1-8-5-6-13-12(7-8)14(9(2)10(3)17-13)16(23)18-11(4)15-19-21-22-20-15/h5-7,11H,1-4H3,(H,18,23)(H,19,20,21,22)/t11-/m0/s1. The van der Waals surface area contributed by atoms with Crippen LogP contribution >= 0.6 is 0 Å². The average Bonchev–Trinajstić information content (AvgIpc) is 3.03. The number of rotatable bonds is 3. The summed E-state index contributed by atoms with van der Waals surface area (Å²) < 4.78 is 0. The Bertz CT molecular complexity index is 872. The molecule has 1 amide bonds. The topological polar surface area (TPSA) is 96.5 Å². The number of nitrogens with zero attached hydrogens (tertiary/aromatic N) is 4. The summed E-state index contributed by atoms with van der Waals surface area (Å²) in [5, 5.41) is 17.5. The zero-order valence-electron chi connectivity index (χ0n) is 13.5. The maximum Gasteiger partial charge on any atom is 0.252 e. The Morgan fingerprint density at radius 3 is 2.74 bits per heavy atom. The normalized spacial score (nSPS) is 12.3. The van der Waals surface area contributed by atoms with E-state index in [1.54, 1.807) is 0 Å². The van der Waals surface area contributed by atoms with Gasteiger partial charge in [0, 0.05) is 11.1 Å². The highest BCUT2D eigenvalue weighted by Crippen LogP contribution is 2.24. The van der Waals surface area contributed by atoms with E-state index < -0.39 is 0 Å². The molecule has 0 unspecified atom stereocenters. The van der Waals surface area contributed by atoms with Gasteiger partial charge in [-0.1, -0.05) is 16.8 Å².